The second-order valence-corrected chi connectivity index (χ2v) is 5.47. The summed E-state index contributed by atoms with van der Waals surface area (Å²) in [5.41, 5.74) is 0.561. The molecule has 0 bridgehead atoms. The molecule has 8 nitrogen and oxygen atoms in total. The molecule has 0 fully saturated rings. The average Bonchev–Trinajstić information content (AvgIpc) is 3.27. The number of halogens is 1. The number of nitrogens with zero attached hydrogens (tertiary/aromatic N) is 6. The van der Waals surface area contributed by atoms with Gasteiger partial charge in [-0.25, -0.2) is 9.07 Å². The fraction of sp³-hybridized carbons (Fsp3) is 0.267. The number of likely N-dealkylation sites (N-methyl/N-ethyl adjacent to an activating group) is 1. The lowest BCUT2D eigenvalue weighted by atomic mass is 10.1. The molecule has 1 aromatic carbocycles. The SMILES string of the molecule is C[C@H](CN(C)C(=O)c1ccc(-n2cccn2)c(F)c1)c1nn[nH]n1. The van der Waals surface area contributed by atoms with Gasteiger partial charge in [0.2, 0.25) is 0 Å². The minimum absolute atomic E-state index is 0.0918. The highest BCUT2D eigenvalue weighted by Crippen LogP contribution is 2.17. The van der Waals surface area contributed by atoms with Crippen LogP contribution in [0.5, 0.6) is 0 Å². The fourth-order valence-corrected chi connectivity index (χ4v) is 2.41. The summed E-state index contributed by atoms with van der Waals surface area (Å²) in [5, 5.41) is 17.7. The molecule has 0 aliphatic carbocycles. The normalized spacial score (nSPS) is 12.1. The van der Waals surface area contributed by atoms with Crippen molar-refractivity contribution in [3.8, 4) is 5.69 Å². The second-order valence-electron chi connectivity index (χ2n) is 5.47. The molecular formula is C15H16FN7O. The van der Waals surface area contributed by atoms with Crippen LogP contribution in [0.15, 0.2) is 36.7 Å². The molecule has 9 heteroatoms. The van der Waals surface area contributed by atoms with Crippen LogP contribution in [0.1, 0.15) is 29.0 Å². The molecule has 3 rings (SSSR count). The fourth-order valence-electron chi connectivity index (χ4n) is 2.41. The van der Waals surface area contributed by atoms with Crippen LogP contribution >= 0.6 is 0 Å². The van der Waals surface area contributed by atoms with Gasteiger partial charge in [0.15, 0.2) is 5.82 Å². The van der Waals surface area contributed by atoms with Crippen molar-refractivity contribution in [1.29, 1.82) is 0 Å². The molecule has 0 radical (unpaired) electrons. The molecule has 0 spiro atoms. The number of hydrogen-bond donors (Lipinski definition) is 1. The zero-order valence-electron chi connectivity index (χ0n) is 13.2. The number of aromatic amines is 1. The molecule has 2 heterocycles. The zero-order valence-corrected chi connectivity index (χ0v) is 13.2. The first-order chi connectivity index (χ1) is 11.6. The second kappa shape index (κ2) is 6.57. The first-order valence-electron chi connectivity index (χ1n) is 7.34. The summed E-state index contributed by atoms with van der Waals surface area (Å²) in [7, 11) is 1.65. The van der Waals surface area contributed by atoms with Crippen molar-refractivity contribution in [1.82, 2.24) is 35.3 Å². The lowest BCUT2D eigenvalue weighted by Crippen LogP contribution is -2.30. The minimum Gasteiger partial charge on any atom is -0.341 e. The van der Waals surface area contributed by atoms with E-state index in [-0.39, 0.29) is 17.4 Å². The van der Waals surface area contributed by atoms with E-state index in [1.165, 1.54) is 21.7 Å². The van der Waals surface area contributed by atoms with Crippen molar-refractivity contribution in [2.75, 3.05) is 13.6 Å². The Morgan fingerprint density at radius 1 is 1.46 bits per heavy atom. The Balaban J connectivity index is 1.74. The van der Waals surface area contributed by atoms with Crippen molar-refractivity contribution >= 4 is 5.91 Å². The molecule has 0 saturated heterocycles. The number of hydrogen-bond acceptors (Lipinski definition) is 5. The predicted octanol–water partition coefficient (Wildman–Crippen LogP) is 1.40. The van der Waals surface area contributed by atoms with Crippen molar-refractivity contribution in [2.45, 2.75) is 12.8 Å². The number of H-pyrrole nitrogens is 1. The maximum absolute atomic E-state index is 14.3. The summed E-state index contributed by atoms with van der Waals surface area (Å²) in [6, 6.07) is 6.03. The molecule has 1 amide bonds. The van der Waals surface area contributed by atoms with Crippen molar-refractivity contribution in [3.63, 3.8) is 0 Å². The molecule has 0 aliphatic heterocycles. The van der Waals surface area contributed by atoms with Gasteiger partial charge in [0.1, 0.15) is 11.5 Å². The van der Waals surface area contributed by atoms with E-state index in [0.717, 1.165) is 0 Å². The van der Waals surface area contributed by atoms with Crippen LogP contribution < -0.4 is 0 Å². The van der Waals surface area contributed by atoms with Crippen molar-refractivity contribution in [3.05, 3.63) is 53.9 Å². The van der Waals surface area contributed by atoms with E-state index in [9.17, 15) is 9.18 Å². The number of nitrogens with one attached hydrogen (secondary N) is 1. The molecule has 2 aromatic heterocycles. The van der Waals surface area contributed by atoms with Crippen molar-refractivity contribution in [2.24, 2.45) is 0 Å². The largest absolute Gasteiger partial charge is 0.341 e. The summed E-state index contributed by atoms with van der Waals surface area (Å²) in [6.07, 6.45) is 3.20. The molecule has 24 heavy (non-hydrogen) atoms. The van der Waals surface area contributed by atoms with Gasteiger partial charge in [-0.05, 0) is 24.3 Å². The van der Waals surface area contributed by atoms with Crippen LogP contribution in [-0.2, 0) is 0 Å². The van der Waals surface area contributed by atoms with E-state index >= 15 is 0 Å². The molecule has 0 aliphatic rings. The third-order valence-corrected chi connectivity index (χ3v) is 3.64. The van der Waals surface area contributed by atoms with Gasteiger partial charge in [0.25, 0.3) is 5.91 Å². The van der Waals surface area contributed by atoms with Gasteiger partial charge >= 0.3 is 0 Å². The van der Waals surface area contributed by atoms with E-state index in [2.05, 4.69) is 25.7 Å². The average molecular weight is 329 g/mol. The van der Waals surface area contributed by atoms with E-state index in [0.29, 0.717) is 18.1 Å². The Hall–Kier alpha value is -3.10. The van der Waals surface area contributed by atoms with Gasteiger partial charge < -0.3 is 4.90 Å². The lowest BCUT2D eigenvalue weighted by Gasteiger charge is -2.20. The maximum atomic E-state index is 14.3. The maximum Gasteiger partial charge on any atom is 0.253 e. The highest BCUT2D eigenvalue weighted by molar-refractivity contribution is 5.94. The monoisotopic (exact) mass is 329 g/mol. The van der Waals surface area contributed by atoms with Crippen LogP contribution in [-0.4, -0.2) is 54.8 Å². The molecule has 0 saturated carbocycles. The first kappa shape index (κ1) is 15.8. The number of rotatable bonds is 5. The Bertz CT molecular complexity index is 816. The smallest absolute Gasteiger partial charge is 0.253 e. The summed E-state index contributed by atoms with van der Waals surface area (Å²) in [5.74, 6) is -0.360. The van der Waals surface area contributed by atoms with Gasteiger partial charge in [0, 0.05) is 37.5 Å². The molecule has 0 unspecified atom stereocenters. The predicted molar refractivity (Wildman–Crippen MR) is 83.1 cm³/mol. The Morgan fingerprint density at radius 2 is 2.29 bits per heavy atom. The Labute approximate surface area is 137 Å². The summed E-state index contributed by atoms with van der Waals surface area (Å²) < 4.78 is 15.7. The number of benzene rings is 1. The van der Waals surface area contributed by atoms with E-state index < -0.39 is 5.82 Å². The van der Waals surface area contributed by atoms with Crippen molar-refractivity contribution < 1.29 is 9.18 Å². The van der Waals surface area contributed by atoms with Gasteiger partial charge in [-0.1, -0.05) is 12.1 Å². The molecule has 1 atom stereocenters. The number of aromatic nitrogens is 6. The number of carbonyl (C=O) groups excluding carboxylic acids is 1. The van der Waals surface area contributed by atoms with E-state index in [4.69, 9.17) is 0 Å². The van der Waals surface area contributed by atoms with Crippen LogP contribution in [0.25, 0.3) is 5.69 Å². The van der Waals surface area contributed by atoms with E-state index in [1.54, 1.807) is 31.6 Å². The third kappa shape index (κ3) is 3.14. The molecule has 124 valence electrons. The molecule has 3 aromatic rings. The minimum atomic E-state index is -0.510. The quantitative estimate of drug-likeness (QED) is 0.764. The van der Waals surface area contributed by atoms with Gasteiger partial charge in [-0.3, -0.25) is 4.79 Å². The highest BCUT2D eigenvalue weighted by Gasteiger charge is 2.19. The highest BCUT2D eigenvalue weighted by atomic mass is 19.1. The zero-order chi connectivity index (χ0) is 17.1. The topological polar surface area (TPSA) is 92.6 Å². The van der Waals surface area contributed by atoms with E-state index in [1.807, 2.05) is 6.92 Å². The number of amides is 1. The number of carbonyl (C=O) groups is 1. The number of tetrazole rings is 1. The van der Waals surface area contributed by atoms with Crippen LogP contribution in [0.2, 0.25) is 0 Å². The van der Waals surface area contributed by atoms with Crippen LogP contribution in [0, 0.1) is 5.82 Å². The third-order valence-electron chi connectivity index (χ3n) is 3.64. The Kier molecular flexibility index (Phi) is 4.32. The van der Waals surface area contributed by atoms with Crippen LogP contribution in [0.4, 0.5) is 4.39 Å². The summed E-state index contributed by atoms with van der Waals surface area (Å²) in [4.78, 5) is 14.0. The van der Waals surface area contributed by atoms with Gasteiger partial charge in [-0.15, -0.1) is 10.2 Å². The van der Waals surface area contributed by atoms with Gasteiger partial charge in [-0.2, -0.15) is 10.3 Å². The van der Waals surface area contributed by atoms with Crippen LogP contribution in [0.3, 0.4) is 0 Å². The Morgan fingerprint density at radius 3 is 2.92 bits per heavy atom. The van der Waals surface area contributed by atoms with Gasteiger partial charge in [0.05, 0.1) is 0 Å². The summed E-state index contributed by atoms with van der Waals surface area (Å²) >= 11 is 0. The first-order valence-corrected chi connectivity index (χ1v) is 7.34. The summed E-state index contributed by atoms with van der Waals surface area (Å²) in [6.45, 7) is 2.27. The molecule has 1 N–H and O–H groups in total. The lowest BCUT2D eigenvalue weighted by molar-refractivity contribution is 0.0787. The standard InChI is InChI=1S/C15H16FN7O/c1-10(14-18-20-21-19-14)9-22(2)15(24)11-4-5-13(12(16)8-11)23-7-3-6-17-23/h3-8,10H,9H2,1-2H3,(H,18,19,20,21)/t10-/m1/s1. The molecular weight excluding hydrogens is 313 g/mol.